The van der Waals surface area contributed by atoms with E-state index in [0.29, 0.717) is 30.3 Å². The quantitative estimate of drug-likeness (QED) is 0.752. The van der Waals surface area contributed by atoms with E-state index in [0.717, 1.165) is 19.3 Å². The van der Waals surface area contributed by atoms with Gasteiger partial charge in [0.15, 0.2) is 0 Å². The van der Waals surface area contributed by atoms with Crippen molar-refractivity contribution in [1.29, 1.82) is 0 Å². The Morgan fingerprint density at radius 3 is 2.07 bits per heavy atom. The van der Waals surface area contributed by atoms with Gasteiger partial charge < -0.3 is 16.0 Å². The van der Waals surface area contributed by atoms with Crippen molar-refractivity contribution in [3.8, 4) is 0 Å². The van der Waals surface area contributed by atoms with E-state index in [-0.39, 0.29) is 18.5 Å². The van der Waals surface area contributed by atoms with Gasteiger partial charge in [0.25, 0.3) is 0 Å². The standard InChI is InChI=1S/C23H25N3O2/c27-21(13-25-23(28)26-15-9-10-15)24-12-14-11-20-16-5-1-3-7-18(16)22(14)19-8-4-2-6-17(19)20/h1-8,14-15,20,22H,9-13H2,(H,24,27)(H2,25,26,28). The second-order valence-corrected chi connectivity index (χ2v) is 8.19. The number of fused-ring (bicyclic) bond motifs is 1. The normalized spacial score (nSPS) is 24.1. The van der Waals surface area contributed by atoms with Gasteiger partial charge in [-0.15, -0.1) is 0 Å². The Bertz CT molecular complexity index is 874. The maximum absolute atomic E-state index is 12.2. The molecule has 5 nitrogen and oxygen atoms in total. The number of amides is 3. The molecule has 28 heavy (non-hydrogen) atoms. The highest BCUT2D eigenvalue weighted by Gasteiger charge is 2.42. The van der Waals surface area contributed by atoms with Crippen molar-refractivity contribution in [3.05, 3.63) is 70.8 Å². The highest BCUT2D eigenvalue weighted by molar-refractivity contribution is 5.84. The molecule has 2 aromatic rings. The van der Waals surface area contributed by atoms with Crippen LogP contribution < -0.4 is 16.0 Å². The topological polar surface area (TPSA) is 70.2 Å². The summed E-state index contributed by atoms with van der Waals surface area (Å²) >= 11 is 0. The molecule has 2 aromatic carbocycles. The molecule has 0 spiro atoms. The summed E-state index contributed by atoms with van der Waals surface area (Å²) in [5.41, 5.74) is 5.68. The largest absolute Gasteiger partial charge is 0.354 e. The van der Waals surface area contributed by atoms with Crippen LogP contribution in [0.25, 0.3) is 0 Å². The van der Waals surface area contributed by atoms with Gasteiger partial charge in [0.1, 0.15) is 0 Å². The fraction of sp³-hybridized carbons (Fsp3) is 0.391. The highest BCUT2D eigenvalue weighted by atomic mass is 16.2. The first-order valence-corrected chi connectivity index (χ1v) is 10.2. The van der Waals surface area contributed by atoms with Crippen LogP contribution in [-0.2, 0) is 4.79 Å². The lowest BCUT2D eigenvalue weighted by Gasteiger charge is -2.45. The lowest BCUT2D eigenvalue weighted by atomic mass is 9.59. The summed E-state index contributed by atoms with van der Waals surface area (Å²) in [7, 11) is 0. The van der Waals surface area contributed by atoms with Crippen LogP contribution in [-0.4, -0.2) is 31.1 Å². The van der Waals surface area contributed by atoms with Gasteiger partial charge in [-0.3, -0.25) is 4.79 Å². The third-order valence-electron chi connectivity index (χ3n) is 6.31. The molecule has 0 radical (unpaired) electrons. The van der Waals surface area contributed by atoms with Gasteiger partial charge in [0.05, 0.1) is 6.54 Å². The van der Waals surface area contributed by atoms with Crippen LogP contribution in [0.3, 0.4) is 0 Å². The molecule has 2 bridgehead atoms. The highest BCUT2D eigenvalue weighted by Crippen LogP contribution is 2.55. The summed E-state index contributed by atoms with van der Waals surface area (Å²) in [5.74, 6) is 0.971. The van der Waals surface area contributed by atoms with Crippen LogP contribution in [0.1, 0.15) is 53.4 Å². The van der Waals surface area contributed by atoms with Crippen molar-refractivity contribution in [1.82, 2.24) is 16.0 Å². The summed E-state index contributed by atoms with van der Waals surface area (Å²) < 4.78 is 0. The lowest BCUT2D eigenvalue weighted by Crippen LogP contribution is -2.45. The average Bonchev–Trinajstić information content (AvgIpc) is 3.55. The first kappa shape index (κ1) is 17.3. The Labute approximate surface area is 164 Å². The molecule has 144 valence electrons. The molecular formula is C23H25N3O2. The maximum Gasteiger partial charge on any atom is 0.315 e. The molecule has 0 heterocycles. The third-order valence-corrected chi connectivity index (χ3v) is 6.31. The molecule has 0 aliphatic heterocycles. The van der Waals surface area contributed by atoms with E-state index in [9.17, 15) is 9.59 Å². The fourth-order valence-corrected chi connectivity index (χ4v) is 4.89. The number of hydrogen-bond acceptors (Lipinski definition) is 2. The van der Waals surface area contributed by atoms with Crippen LogP contribution in [0.5, 0.6) is 0 Å². The molecule has 1 saturated carbocycles. The van der Waals surface area contributed by atoms with Crippen molar-refractivity contribution >= 4 is 11.9 Å². The Kier molecular flexibility index (Phi) is 4.30. The van der Waals surface area contributed by atoms with Gasteiger partial charge in [0, 0.05) is 24.4 Å². The molecule has 1 atom stereocenters. The second kappa shape index (κ2) is 6.97. The minimum atomic E-state index is -0.253. The van der Waals surface area contributed by atoms with Gasteiger partial charge in [0.2, 0.25) is 5.91 Å². The molecule has 1 fully saturated rings. The van der Waals surface area contributed by atoms with Gasteiger partial charge in [-0.2, -0.15) is 0 Å². The van der Waals surface area contributed by atoms with Crippen molar-refractivity contribution in [2.45, 2.75) is 37.1 Å². The van der Waals surface area contributed by atoms with Crippen molar-refractivity contribution in [2.24, 2.45) is 5.92 Å². The van der Waals surface area contributed by atoms with Gasteiger partial charge >= 0.3 is 6.03 Å². The van der Waals surface area contributed by atoms with Crippen LogP contribution in [0.2, 0.25) is 0 Å². The number of urea groups is 1. The SMILES string of the molecule is O=C(CNC(=O)NC1CC1)NCC1CC2c3ccccc3C1c1ccccc12. The Morgan fingerprint density at radius 1 is 0.857 bits per heavy atom. The van der Waals surface area contributed by atoms with E-state index in [1.54, 1.807) is 0 Å². The molecule has 4 aliphatic rings. The summed E-state index contributed by atoms with van der Waals surface area (Å²) in [6.07, 6.45) is 3.12. The molecule has 5 heteroatoms. The fourth-order valence-electron chi connectivity index (χ4n) is 4.89. The summed E-state index contributed by atoms with van der Waals surface area (Å²) in [5, 5.41) is 8.52. The van der Waals surface area contributed by atoms with Crippen molar-refractivity contribution in [3.63, 3.8) is 0 Å². The Balaban J connectivity index is 1.25. The van der Waals surface area contributed by atoms with Crippen molar-refractivity contribution in [2.75, 3.05) is 13.1 Å². The minimum Gasteiger partial charge on any atom is -0.354 e. The second-order valence-electron chi connectivity index (χ2n) is 8.19. The van der Waals surface area contributed by atoms with Crippen LogP contribution in [0, 0.1) is 5.92 Å². The molecule has 0 saturated heterocycles. The van der Waals surface area contributed by atoms with E-state index in [1.165, 1.54) is 22.3 Å². The molecule has 4 aliphatic carbocycles. The summed E-state index contributed by atoms with van der Waals surface area (Å²) in [6.45, 7) is 0.654. The maximum atomic E-state index is 12.2. The summed E-state index contributed by atoms with van der Waals surface area (Å²) in [4.78, 5) is 23.9. The van der Waals surface area contributed by atoms with E-state index >= 15 is 0 Å². The van der Waals surface area contributed by atoms with Gasteiger partial charge in [-0.25, -0.2) is 4.79 Å². The number of carbonyl (C=O) groups is 2. The molecule has 3 N–H and O–H groups in total. The number of carbonyl (C=O) groups excluding carboxylic acids is 2. The first-order valence-electron chi connectivity index (χ1n) is 10.2. The first-order chi connectivity index (χ1) is 13.7. The Hall–Kier alpha value is -2.82. The van der Waals surface area contributed by atoms with Gasteiger partial charge in [-0.05, 0) is 47.4 Å². The van der Waals surface area contributed by atoms with Crippen LogP contribution >= 0.6 is 0 Å². The Morgan fingerprint density at radius 2 is 1.46 bits per heavy atom. The van der Waals surface area contributed by atoms with E-state index in [1.807, 2.05) is 0 Å². The minimum absolute atomic E-state index is 0.0204. The number of rotatable bonds is 5. The zero-order valence-electron chi connectivity index (χ0n) is 15.8. The van der Waals surface area contributed by atoms with Crippen LogP contribution in [0.4, 0.5) is 4.79 Å². The molecule has 6 rings (SSSR count). The van der Waals surface area contributed by atoms with Gasteiger partial charge in [-0.1, -0.05) is 48.5 Å². The van der Waals surface area contributed by atoms with E-state index < -0.39 is 0 Å². The third kappa shape index (κ3) is 3.15. The summed E-state index contributed by atoms with van der Waals surface area (Å²) in [6, 6.07) is 17.5. The number of hydrogen-bond donors (Lipinski definition) is 3. The van der Waals surface area contributed by atoms with E-state index in [4.69, 9.17) is 0 Å². The molecule has 0 aromatic heterocycles. The molecule has 3 amide bonds. The predicted octanol–water partition coefficient (Wildman–Crippen LogP) is 2.86. The average molecular weight is 375 g/mol. The number of benzene rings is 2. The van der Waals surface area contributed by atoms with Crippen molar-refractivity contribution < 1.29 is 9.59 Å². The zero-order valence-corrected chi connectivity index (χ0v) is 15.8. The molecular weight excluding hydrogens is 350 g/mol. The monoisotopic (exact) mass is 375 g/mol. The molecule has 1 unspecified atom stereocenters. The number of nitrogens with one attached hydrogen (secondary N) is 3. The smallest absolute Gasteiger partial charge is 0.315 e. The van der Waals surface area contributed by atoms with E-state index in [2.05, 4.69) is 64.5 Å². The van der Waals surface area contributed by atoms with Crippen LogP contribution in [0.15, 0.2) is 48.5 Å². The lowest BCUT2D eigenvalue weighted by molar-refractivity contribution is -0.120. The predicted molar refractivity (Wildman–Crippen MR) is 107 cm³/mol. The zero-order chi connectivity index (χ0) is 19.1.